The lowest BCUT2D eigenvalue weighted by molar-refractivity contribution is -0.143. The fourth-order valence-corrected chi connectivity index (χ4v) is 3.72. The molecule has 0 aliphatic heterocycles. The Bertz CT molecular complexity index is 690. The van der Waals surface area contributed by atoms with Gasteiger partial charge in [0.05, 0.1) is 17.4 Å². The summed E-state index contributed by atoms with van der Waals surface area (Å²) in [5.74, 6) is -0.827. The van der Waals surface area contributed by atoms with Crippen LogP contribution in [-0.4, -0.2) is 32.8 Å². The molecule has 24 heavy (non-hydrogen) atoms. The summed E-state index contributed by atoms with van der Waals surface area (Å²) >= 11 is 0. The van der Waals surface area contributed by atoms with E-state index in [1.807, 2.05) is 49.2 Å². The van der Waals surface area contributed by atoms with Crippen LogP contribution < -0.4 is 0 Å². The maximum absolute atomic E-state index is 11.8. The lowest BCUT2D eigenvalue weighted by atomic mass is 10.1. The third kappa shape index (κ3) is 3.51. The molecule has 1 aliphatic rings. The highest BCUT2D eigenvalue weighted by molar-refractivity contribution is 5.75. The van der Waals surface area contributed by atoms with E-state index in [1.165, 1.54) is 25.7 Å². The molecule has 1 aromatic carbocycles. The van der Waals surface area contributed by atoms with Gasteiger partial charge < -0.3 is 5.11 Å². The summed E-state index contributed by atoms with van der Waals surface area (Å²) < 4.78 is 2.13. The van der Waals surface area contributed by atoms with Gasteiger partial charge in [0, 0.05) is 6.54 Å². The minimum absolute atomic E-state index is 0.460. The molecule has 0 radical (unpaired) electrons. The van der Waals surface area contributed by atoms with Gasteiger partial charge in [-0.15, -0.1) is 0 Å². The van der Waals surface area contributed by atoms with Gasteiger partial charge in [-0.1, -0.05) is 43.2 Å². The molecular weight excluding hydrogens is 302 g/mol. The average molecular weight is 327 g/mol. The predicted octanol–water partition coefficient (Wildman–Crippen LogP) is 3.56. The zero-order chi connectivity index (χ0) is 17.1. The number of hydrogen-bond donors (Lipinski definition) is 1. The largest absolute Gasteiger partial charge is 0.480 e. The molecule has 0 bridgehead atoms. The molecule has 1 N–H and O–H groups in total. The Hall–Kier alpha value is -2.14. The molecule has 5 heteroatoms. The van der Waals surface area contributed by atoms with Crippen molar-refractivity contribution < 1.29 is 9.90 Å². The average Bonchev–Trinajstić information content (AvgIpc) is 3.17. The highest BCUT2D eigenvalue weighted by Crippen LogP contribution is 2.31. The first-order chi connectivity index (χ1) is 11.6. The highest BCUT2D eigenvalue weighted by atomic mass is 16.4. The van der Waals surface area contributed by atoms with Crippen LogP contribution in [0.3, 0.4) is 0 Å². The van der Waals surface area contributed by atoms with Gasteiger partial charge in [-0.2, -0.15) is 5.10 Å². The van der Waals surface area contributed by atoms with Crippen molar-refractivity contribution in [2.45, 2.75) is 51.2 Å². The van der Waals surface area contributed by atoms with Crippen molar-refractivity contribution in [3.05, 3.63) is 53.3 Å². The fraction of sp³-hybridized carbons (Fsp3) is 0.474. The van der Waals surface area contributed by atoms with Crippen LogP contribution in [0.2, 0.25) is 0 Å². The molecule has 128 valence electrons. The summed E-state index contributed by atoms with van der Waals surface area (Å²) in [7, 11) is 1.87. The molecule has 5 nitrogen and oxygen atoms in total. The minimum Gasteiger partial charge on any atom is -0.480 e. The molecular formula is C19H25N3O2. The number of aryl methyl sites for hydroxylation is 1. The quantitative estimate of drug-likeness (QED) is 0.881. The van der Waals surface area contributed by atoms with Crippen LogP contribution >= 0.6 is 0 Å². The second-order valence-corrected chi connectivity index (χ2v) is 6.73. The molecule has 1 fully saturated rings. The SMILES string of the molecule is Cc1cc(CN(C)C(C(=O)O)c2ccccc2)n(C2CCCC2)n1. The molecule has 1 aliphatic carbocycles. The molecule has 0 saturated heterocycles. The molecule has 0 amide bonds. The van der Waals surface area contributed by atoms with Gasteiger partial charge in [0.1, 0.15) is 6.04 Å². The number of carbonyl (C=O) groups is 1. The van der Waals surface area contributed by atoms with Crippen molar-refractivity contribution in [2.24, 2.45) is 0 Å². The first-order valence-corrected chi connectivity index (χ1v) is 8.59. The smallest absolute Gasteiger partial charge is 0.325 e. The van der Waals surface area contributed by atoms with Gasteiger partial charge in [0.15, 0.2) is 0 Å². The Kier molecular flexibility index (Phi) is 5.00. The summed E-state index contributed by atoms with van der Waals surface area (Å²) in [4.78, 5) is 13.7. The van der Waals surface area contributed by atoms with E-state index < -0.39 is 12.0 Å². The van der Waals surface area contributed by atoms with E-state index in [9.17, 15) is 9.90 Å². The Morgan fingerprint density at radius 2 is 2.00 bits per heavy atom. The third-order valence-electron chi connectivity index (χ3n) is 4.81. The number of likely N-dealkylation sites (N-methyl/N-ethyl adjacent to an activating group) is 1. The van der Waals surface area contributed by atoms with E-state index in [0.29, 0.717) is 12.6 Å². The van der Waals surface area contributed by atoms with Gasteiger partial charge in [-0.05, 0) is 38.4 Å². The van der Waals surface area contributed by atoms with Crippen LogP contribution in [0.5, 0.6) is 0 Å². The zero-order valence-corrected chi connectivity index (χ0v) is 14.4. The van der Waals surface area contributed by atoms with Crippen molar-refractivity contribution >= 4 is 5.97 Å². The molecule has 3 rings (SSSR count). The molecule has 1 atom stereocenters. The number of aromatic nitrogens is 2. The normalized spacial score (nSPS) is 16.6. The van der Waals surface area contributed by atoms with Crippen molar-refractivity contribution in [3.8, 4) is 0 Å². The number of aliphatic carboxylic acids is 1. The van der Waals surface area contributed by atoms with E-state index in [4.69, 9.17) is 0 Å². The highest BCUT2D eigenvalue weighted by Gasteiger charge is 2.27. The lowest BCUT2D eigenvalue weighted by Crippen LogP contribution is -2.31. The third-order valence-corrected chi connectivity index (χ3v) is 4.81. The minimum atomic E-state index is -0.827. The Morgan fingerprint density at radius 3 is 2.62 bits per heavy atom. The van der Waals surface area contributed by atoms with E-state index in [-0.39, 0.29) is 0 Å². The summed E-state index contributed by atoms with van der Waals surface area (Å²) in [6.45, 7) is 2.57. The van der Waals surface area contributed by atoms with Crippen LogP contribution in [0.1, 0.15) is 54.7 Å². The van der Waals surface area contributed by atoms with Gasteiger partial charge >= 0.3 is 5.97 Å². The maximum Gasteiger partial charge on any atom is 0.325 e. The van der Waals surface area contributed by atoms with Crippen molar-refractivity contribution in [3.63, 3.8) is 0 Å². The van der Waals surface area contributed by atoms with Crippen molar-refractivity contribution in [1.29, 1.82) is 0 Å². The molecule has 0 spiro atoms. The first-order valence-electron chi connectivity index (χ1n) is 8.59. The first kappa shape index (κ1) is 16.7. The number of carboxylic acid groups (broad SMARTS) is 1. The van der Waals surface area contributed by atoms with E-state index in [1.54, 1.807) is 0 Å². The molecule has 1 saturated carbocycles. The summed E-state index contributed by atoms with van der Waals surface area (Å²) in [5, 5.41) is 14.4. The Labute approximate surface area is 142 Å². The summed E-state index contributed by atoms with van der Waals surface area (Å²) in [6, 6.07) is 11.3. The van der Waals surface area contributed by atoms with Crippen LogP contribution in [0.15, 0.2) is 36.4 Å². The van der Waals surface area contributed by atoms with Crippen molar-refractivity contribution in [1.82, 2.24) is 14.7 Å². The zero-order valence-electron chi connectivity index (χ0n) is 14.4. The van der Waals surface area contributed by atoms with Crippen LogP contribution in [0.25, 0.3) is 0 Å². The topological polar surface area (TPSA) is 58.4 Å². The second-order valence-electron chi connectivity index (χ2n) is 6.73. The van der Waals surface area contributed by atoms with Gasteiger partial charge in [-0.3, -0.25) is 14.4 Å². The van der Waals surface area contributed by atoms with Crippen LogP contribution in [0, 0.1) is 6.92 Å². The number of benzene rings is 1. The summed E-state index contributed by atoms with van der Waals surface area (Å²) in [6.07, 6.45) is 4.83. The molecule has 1 heterocycles. The van der Waals surface area contributed by atoms with Gasteiger partial charge in [0.25, 0.3) is 0 Å². The van der Waals surface area contributed by atoms with E-state index in [0.717, 1.165) is 17.0 Å². The van der Waals surface area contributed by atoms with E-state index >= 15 is 0 Å². The van der Waals surface area contributed by atoms with Crippen LogP contribution in [-0.2, 0) is 11.3 Å². The molecule has 1 unspecified atom stereocenters. The van der Waals surface area contributed by atoms with Crippen molar-refractivity contribution in [2.75, 3.05) is 7.05 Å². The standard InChI is InChI=1S/C19H25N3O2/c1-14-12-17(22(20-14)16-10-6-7-11-16)13-21(2)18(19(23)24)15-8-4-3-5-9-15/h3-5,8-9,12,16,18H,6-7,10-11,13H2,1-2H3,(H,23,24). The van der Waals surface area contributed by atoms with Gasteiger partial charge in [0.2, 0.25) is 0 Å². The van der Waals surface area contributed by atoms with Gasteiger partial charge in [-0.25, -0.2) is 0 Å². The molecule has 1 aromatic heterocycles. The second kappa shape index (κ2) is 7.18. The Balaban J connectivity index is 1.83. The maximum atomic E-state index is 11.8. The Morgan fingerprint density at radius 1 is 1.33 bits per heavy atom. The lowest BCUT2D eigenvalue weighted by Gasteiger charge is -2.26. The summed E-state index contributed by atoms with van der Waals surface area (Å²) in [5.41, 5.74) is 2.90. The predicted molar refractivity (Wildman–Crippen MR) is 92.8 cm³/mol. The monoisotopic (exact) mass is 327 g/mol. The van der Waals surface area contributed by atoms with Crippen LogP contribution in [0.4, 0.5) is 0 Å². The number of carboxylic acids is 1. The number of nitrogens with zero attached hydrogens (tertiary/aromatic N) is 3. The number of hydrogen-bond acceptors (Lipinski definition) is 3. The van der Waals surface area contributed by atoms with E-state index in [2.05, 4.69) is 15.8 Å². The number of rotatable bonds is 6. The fourth-order valence-electron chi connectivity index (χ4n) is 3.72. The molecule has 2 aromatic rings.